The monoisotopic (exact) mass is 282 g/mol. The standard InChI is InChI=1S/C13H15BrO2/c1-12(2)7-13(8-12,11(15)16)9-5-3-4-6-10(9)14/h3-6H,7-8H2,1-2H3,(H,15,16). The molecule has 2 nitrogen and oxygen atoms in total. The van der Waals surface area contributed by atoms with E-state index in [9.17, 15) is 9.90 Å². The fourth-order valence-corrected chi connectivity index (χ4v) is 3.55. The number of halogens is 1. The molecule has 0 aliphatic heterocycles. The van der Waals surface area contributed by atoms with Crippen LogP contribution in [0.4, 0.5) is 0 Å². The molecular weight excluding hydrogens is 268 g/mol. The second kappa shape index (κ2) is 3.59. The summed E-state index contributed by atoms with van der Waals surface area (Å²) in [6, 6.07) is 7.63. The van der Waals surface area contributed by atoms with Crippen LogP contribution in [0.25, 0.3) is 0 Å². The topological polar surface area (TPSA) is 37.3 Å². The molecule has 0 radical (unpaired) electrons. The lowest BCUT2D eigenvalue weighted by atomic mass is 9.52. The molecule has 3 heteroatoms. The normalized spacial score (nSPS) is 21.2. The largest absolute Gasteiger partial charge is 0.481 e. The minimum absolute atomic E-state index is 0.133. The molecule has 0 amide bonds. The SMILES string of the molecule is CC1(C)CC(C(=O)O)(c2ccccc2Br)C1. The molecule has 1 aliphatic carbocycles. The van der Waals surface area contributed by atoms with Crippen molar-refractivity contribution in [3.05, 3.63) is 34.3 Å². The number of aliphatic carboxylic acids is 1. The summed E-state index contributed by atoms with van der Waals surface area (Å²) in [7, 11) is 0. The van der Waals surface area contributed by atoms with Gasteiger partial charge in [-0.05, 0) is 29.9 Å². The van der Waals surface area contributed by atoms with Gasteiger partial charge in [0.15, 0.2) is 0 Å². The van der Waals surface area contributed by atoms with E-state index < -0.39 is 11.4 Å². The van der Waals surface area contributed by atoms with Crippen LogP contribution in [-0.2, 0) is 10.2 Å². The average molecular weight is 283 g/mol. The zero-order valence-corrected chi connectivity index (χ0v) is 11.0. The van der Waals surface area contributed by atoms with E-state index >= 15 is 0 Å². The van der Waals surface area contributed by atoms with Crippen molar-refractivity contribution in [1.82, 2.24) is 0 Å². The van der Waals surface area contributed by atoms with Crippen LogP contribution in [0.3, 0.4) is 0 Å². The molecule has 1 fully saturated rings. The average Bonchev–Trinajstić information content (AvgIpc) is 2.14. The van der Waals surface area contributed by atoms with E-state index in [1.54, 1.807) is 0 Å². The van der Waals surface area contributed by atoms with Crippen LogP contribution in [0.1, 0.15) is 32.3 Å². The maximum absolute atomic E-state index is 11.5. The van der Waals surface area contributed by atoms with E-state index in [-0.39, 0.29) is 5.41 Å². The number of carbonyl (C=O) groups is 1. The summed E-state index contributed by atoms with van der Waals surface area (Å²) in [5.41, 5.74) is 0.346. The summed E-state index contributed by atoms with van der Waals surface area (Å²) >= 11 is 3.45. The first kappa shape index (κ1) is 11.6. The van der Waals surface area contributed by atoms with Crippen molar-refractivity contribution in [3.63, 3.8) is 0 Å². The van der Waals surface area contributed by atoms with E-state index in [4.69, 9.17) is 0 Å². The minimum Gasteiger partial charge on any atom is -0.481 e. The van der Waals surface area contributed by atoms with Gasteiger partial charge >= 0.3 is 5.97 Å². The van der Waals surface area contributed by atoms with Crippen molar-refractivity contribution < 1.29 is 9.90 Å². The van der Waals surface area contributed by atoms with Gasteiger partial charge in [0, 0.05) is 4.47 Å². The molecule has 0 unspecified atom stereocenters. The van der Waals surface area contributed by atoms with Gasteiger partial charge < -0.3 is 5.11 Å². The Bertz CT molecular complexity index is 429. The Balaban J connectivity index is 2.44. The van der Waals surface area contributed by atoms with Crippen LogP contribution in [0, 0.1) is 5.41 Å². The maximum Gasteiger partial charge on any atom is 0.314 e. The van der Waals surface area contributed by atoms with Crippen LogP contribution in [-0.4, -0.2) is 11.1 Å². The third-order valence-corrected chi connectivity index (χ3v) is 4.05. The minimum atomic E-state index is -0.710. The molecule has 0 atom stereocenters. The molecule has 0 aromatic heterocycles. The molecule has 0 spiro atoms. The Hall–Kier alpha value is -0.830. The van der Waals surface area contributed by atoms with Crippen molar-refractivity contribution in [2.24, 2.45) is 5.41 Å². The van der Waals surface area contributed by atoms with Gasteiger partial charge in [0.1, 0.15) is 0 Å². The lowest BCUT2D eigenvalue weighted by Gasteiger charge is -2.51. The molecule has 1 aromatic rings. The summed E-state index contributed by atoms with van der Waals surface area (Å²) in [5.74, 6) is -0.710. The highest BCUT2D eigenvalue weighted by molar-refractivity contribution is 9.10. The van der Waals surface area contributed by atoms with Crippen molar-refractivity contribution in [2.45, 2.75) is 32.1 Å². The number of benzene rings is 1. The van der Waals surface area contributed by atoms with Crippen molar-refractivity contribution in [1.29, 1.82) is 0 Å². The first-order valence-corrected chi connectivity index (χ1v) is 6.15. The number of carboxylic acid groups (broad SMARTS) is 1. The Morgan fingerprint density at radius 3 is 2.31 bits per heavy atom. The first-order valence-electron chi connectivity index (χ1n) is 5.36. The molecule has 1 N–H and O–H groups in total. The highest BCUT2D eigenvalue weighted by Crippen LogP contribution is 2.56. The Morgan fingerprint density at radius 2 is 1.88 bits per heavy atom. The number of carboxylic acids is 1. The van der Waals surface area contributed by atoms with Crippen molar-refractivity contribution >= 4 is 21.9 Å². The van der Waals surface area contributed by atoms with Gasteiger partial charge in [-0.2, -0.15) is 0 Å². The molecule has 0 saturated heterocycles. The van der Waals surface area contributed by atoms with Crippen molar-refractivity contribution in [3.8, 4) is 0 Å². The first-order chi connectivity index (χ1) is 7.37. The van der Waals surface area contributed by atoms with E-state index in [0.717, 1.165) is 10.0 Å². The lowest BCUT2D eigenvalue weighted by Crippen LogP contribution is -2.52. The highest BCUT2D eigenvalue weighted by atomic mass is 79.9. The summed E-state index contributed by atoms with van der Waals surface area (Å²) < 4.78 is 0.896. The quantitative estimate of drug-likeness (QED) is 0.900. The molecule has 1 aliphatic rings. The van der Waals surface area contributed by atoms with E-state index in [0.29, 0.717) is 12.8 Å². The smallest absolute Gasteiger partial charge is 0.314 e. The van der Waals surface area contributed by atoms with Gasteiger partial charge in [-0.15, -0.1) is 0 Å². The summed E-state index contributed by atoms with van der Waals surface area (Å²) in [4.78, 5) is 11.5. The Labute approximate surface area is 104 Å². The van der Waals surface area contributed by atoms with E-state index in [1.807, 2.05) is 24.3 Å². The second-order valence-electron chi connectivity index (χ2n) is 5.38. The van der Waals surface area contributed by atoms with Gasteiger partial charge in [-0.1, -0.05) is 48.0 Å². The van der Waals surface area contributed by atoms with Gasteiger partial charge in [0.25, 0.3) is 0 Å². The van der Waals surface area contributed by atoms with Crippen LogP contribution >= 0.6 is 15.9 Å². The van der Waals surface area contributed by atoms with Crippen LogP contribution in [0.15, 0.2) is 28.7 Å². The molecule has 1 saturated carbocycles. The van der Waals surface area contributed by atoms with Crippen LogP contribution in [0.2, 0.25) is 0 Å². The zero-order chi connectivity index (χ0) is 12.0. The zero-order valence-electron chi connectivity index (χ0n) is 9.46. The van der Waals surface area contributed by atoms with E-state index in [2.05, 4.69) is 29.8 Å². The van der Waals surface area contributed by atoms with Gasteiger partial charge in [0.05, 0.1) is 5.41 Å². The molecule has 16 heavy (non-hydrogen) atoms. The molecule has 2 rings (SSSR count). The summed E-state index contributed by atoms with van der Waals surface area (Å²) in [5, 5.41) is 9.47. The number of hydrogen-bond donors (Lipinski definition) is 1. The molecule has 1 aromatic carbocycles. The third-order valence-electron chi connectivity index (χ3n) is 3.36. The van der Waals surface area contributed by atoms with Crippen LogP contribution < -0.4 is 0 Å². The number of rotatable bonds is 2. The predicted octanol–water partition coefficient (Wildman–Crippen LogP) is 3.59. The van der Waals surface area contributed by atoms with Gasteiger partial charge in [-0.25, -0.2) is 0 Å². The van der Waals surface area contributed by atoms with Crippen LogP contribution in [0.5, 0.6) is 0 Å². The summed E-state index contributed by atoms with van der Waals surface area (Å²) in [6.45, 7) is 4.23. The van der Waals surface area contributed by atoms with Gasteiger partial charge in [-0.3, -0.25) is 4.79 Å². The second-order valence-corrected chi connectivity index (χ2v) is 6.24. The molecule has 86 valence electrons. The molecule has 0 heterocycles. The third kappa shape index (κ3) is 1.67. The number of hydrogen-bond acceptors (Lipinski definition) is 1. The maximum atomic E-state index is 11.5. The predicted molar refractivity (Wildman–Crippen MR) is 66.5 cm³/mol. The van der Waals surface area contributed by atoms with Crippen molar-refractivity contribution in [2.75, 3.05) is 0 Å². The van der Waals surface area contributed by atoms with E-state index in [1.165, 1.54) is 0 Å². The highest BCUT2D eigenvalue weighted by Gasteiger charge is 2.56. The fraction of sp³-hybridized carbons (Fsp3) is 0.462. The van der Waals surface area contributed by atoms with Gasteiger partial charge in [0.2, 0.25) is 0 Å². The fourth-order valence-electron chi connectivity index (χ4n) is 2.89. The molecule has 0 bridgehead atoms. The summed E-state index contributed by atoms with van der Waals surface area (Å²) in [6.07, 6.45) is 1.41. The Morgan fingerprint density at radius 1 is 1.31 bits per heavy atom. The Kier molecular flexibility index (Phi) is 2.61. The lowest BCUT2D eigenvalue weighted by molar-refractivity contribution is -0.153. The molecular formula is C13H15BrO2.